The van der Waals surface area contributed by atoms with E-state index >= 15 is 0 Å². The summed E-state index contributed by atoms with van der Waals surface area (Å²) in [5, 5.41) is 3.62. The van der Waals surface area contributed by atoms with E-state index in [1.165, 1.54) is 32.1 Å². The SMILES string of the molecule is C#CCCNC1(CN)CCCC(C(C)C)CC1. The molecule has 2 unspecified atom stereocenters. The van der Waals surface area contributed by atoms with Gasteiger partial charge in [-0.2, -0.15) is 0 Å². The molecule has 17 heavy (non-hydrogen) atoms. The smallest absolute Gasteiger partial charge is 0.0304 e. The Morgan fingerprint density at radius 3 is 2.76 bits per heavy atom. The maximum Gasteiger partial charge on any atom is 0.0304 e. The normalized spacial score (nSPS) is 29.9. The van der Waals surface area contributed by atoms with Crippen LogP contribution in [0, 0.1) is 24.2 Å². The fourth-order valence-electron chi connectivity index (χ4n) is 2.95. The molecule has 1 aliphatic carbocycles. The number of rotatable bonds is 5. The third-order valence-electron chi connectivity index (χ3n) is 4.33. The summed E-state index contributed by atoms with van der Waals surface area (Å²) in [7, 11) is 0. The van der Waals surface area contributed by atoms with Crippen molar-refractivity contribution in [1.29, 1.82) is 0 Å². The highest BCUT2D eigenvalue weighted by molar-refractivity contribution is 4.94. The summed E-state index contributed by atoms with van der Waals surface area (Å²) in [6.45, 7) is 6.32. The van der Waals surface area contributed by atoms with Crippen molar-refractivity contribution < 1.29 is 0 Å². The molecule has 0 saturated heterocycles. The minimum Gasteiger partial charge on any atom is -0.329 e. The Morgan fingerprint density at radius 2 is 2.18 bits per heavy atom. The van der Waals surface area contributed by atoms with Crippen molar-refractivity contribution in [2.45, 2.75) is 57.9 Å². The van der Waals surface area contributed by atoms with E-state index in [1.807, 2.05) is 0 Å². The molecule has 0 aromatic carbocycles. The van der Waals surface area contributed by atoms with Crippen LogP contribution in [0.5, 0.6) is 0 Å². The maximum absolute atomic E-state index is 6.00. The molecule has 0 aromatic rings. The average Bonchev–Trinajstić information content (AvgIpc) is 2.53. The second-order valence-electron chi connectivity index (χ2n) is 5.80. The van der Waals surface area contributed by atoms with Gasteiger partial charge in [0.15, 0.2) is 0 Å². The van der Waals surface area contributed by atoms with E-state index in [0.29, 0.717) is 0 Å². The van der Waals surface area contributed by atoms with Crippen LogP contribution >= 0.6 is 0 Å². The zero-order chi connectivity index (χ0) is 12.7. The van der Waals surface area contributed by atoms with Crippen molar-refractivity contribution in [2.24, 2.45) is 17.6 Å². The summed E-state index contributed by atoms with van der Waals surface area (Å²) < 4.78 is 0. The van der Waals surface area contributed by atoms with Crippen LogP contribution in [-0.2, 0) is 0 Å². The Labute approximate surface area is 107 Å². The molecule has 0 aliphatic heterocycles. The van der Waals surface area contributed by atoms with E-state index in [4.69, 9.17) is 12.2 Å². The molecule has 0 bridgehead atoms. The minimum absolute atomic E-state index is 0.153. The molecule has 1 fully saturated rings. The van der Waals surface area contributed by atoms with Crippen molar-refractivity contribution in [1.82, 2.24) is 5.32 Å². The van der Waals surface area contributed by atoms with Gasteiger partial charge < -0.3 is 11.1 Å². The summed E-state index contributed by atoms with van der Waals surface area (Å²) in [6.07, 6.45) is 12.5. The second-order valence-corrected chi connectivity index (χ2v) is 5.80. The highest BCUT2D eigenvalue weighted by Gasteiger charge is 2.31. The van der Waals surface area contributed by atoms with Crippen molar-refractivity contribution in [3.63, 3.8) is 0 Å². The third kappa shape index (κ3) is 4.33. The van der Waals surface area contributed by atoms with Gasteiger partial charge in [-0.15, -0.1) is 12.3 Å². The lowest BCUT2D eigenvalue weighted by molar-refractivity contribution is 0.281. The van der Waals surface area contributed by atoms with Gasteiger partial charge in [0.25, 0.3) is 0 Å². The van der Waals surface area contributed by atoms with Gasteiger partial charge in [0.2, 0.25) is 0 Å². The zero-order valence-electron chi connectivity index (χ0n) is 11.5. The quantitative estimate of drug-likeness (QED) is 0.437. The number of hydrogen-bond acceptors (Lipinski definition) is 2. The molecule has 98 valence electrons. The Morgan fingerprint density at radius 1 is 1.41 bits per heavy atom. The molecule has 0 amide bonds. The highest BCUT2D eigenvalue weighted by atomic mass is 15.0. The summed E-state index contributed by atoms with van der Waals surface area (Å²) >= 11 is 0. The van der Waals surface area contributed by atoms with Gasteiger partial charge in [-0.3, -0.25) is 0 Å². The fourth-order valence-corrected chi connectivity index (χ4v) is 2.95. The molecular formula is C15H28N2. The van der Waals surface area contributed by atoms with E-state index in [0.717, 1.165) is 31.3 Å². The van der Waals surface area contributed by atoms with Crippen LogP contribution in [0.3, 0.4) is 0 Å². The second kappa shape index (κ2) is 7.03. The fraction of sp³-hybridized carbons (Fsp3) is 0.867. The Bertz CT molecular complexity index is 254. The molecule has 2 atom stereocenters. The lowest BCUT2D eigenvalue weighted by Gasteiger charge is -2.33. The Kier molecular flexibility index (Phi) is 6.02. The highest BCUT2D eigenvalue weighted by Crippen LogP contribution is 2.33. The third-order valence-corrected chi connectivity index (χ3v) is 4.33. The first-order valence-corrected chi connectivity index (χ1v) is 7.02. The monoisotopic (exact) mass is 236 g/mol. The lowest BCUT2D eigenvalue weighted by Crippen LogP contribution is -2.51. The largest absolute Gasteiger partial charge is 0.329 e. The molecule has 0 heterocycles. The molecule has 0 aromatic heterocycles. The number of nitrogens with one attached hydrogen (secondary N) is 1. The van der Waals surface area contributed by atoms with Gasteiger partial charge >= 0.3 is 0 Å². The first-order valence-electron chi connectivity index (χ1n) is 7.02. The summed E-state index contributed by atoms with van der Waals surface area (Å²) in [6, 6.07) is 0. The number of terminal acetylenes is 1. The first-order chi connectivity index (χ1) is 8.13. The van der Waals surface area contributed by atoms with Crippen LogP contribution in [-0.4, -0.2) is 18.6 Å². The molecule has 2 nitrogen and oxygen atoms in total. The first kappa shape index (κ1) is 14.5. The van der Waals surface area contributed by atoms with Crippen LogP contribution in [0.1, 0.15) is 52.4 Å². The summed E-state index contributed by atoms with van der Waals surface area (Å²) in [5.74, 6) is 4.36. The minimum atomic E-state index is 0.153. The lowest BCUT2D eigenvalue weighted by atomic mass is 9.86. The van der Waals surface area contributed by atoms with Crippen LogP contribution in [0.15, 0.2) is 0 Å². The van der Waals surface area contributed by atoms with E-state index in [1.54, 1.807) is 0 Å². The van der Waals surface area contributed by atoms with Crippen LogP contribution in [0.2, 0.25) is 0 Å². The molecule has 2 heteroatoms. The van der Waals surface area contributed by atoms with E-state index in [9.17, 15) is 0 Å². The van der Waals surface area contributed by atoms with E-state index in [-0.39, 0.29) is 5.54 Å². The number of hydrogen-bond donors (Lipinski definition) is 2. The topological polar surface area (TPSA) is 38.0 Å². The Balaban J connectivity index is 2.52. The van der Waals surface area contributed by atoms with Gasteiger partial charge in [0.05, 0.1) is 0 Å². The van der Waals surface area contributed by atoms with E-state index < -0.39 is 0 Å². The maximum atomic E-state index is 6.00. The van der Waals surface area contributed by atoms with Crippen molar-refractivity contribution in [3.8, 4) is 12.3 Å². The van der Waals surface area contributed by atoms with Crippen molar-refractivity contribution in [2.75, 3.05) is 13.1 Å². The summed E-state index contributed by atoms with van der Waals surface area (Å²) in [5.41, 5.74) is 6.15. The van der Waals surface area contributed by atoms with Gasteiger partial charge in [-0.25, -0.2) is 0 Å². The predicted molar refractivity (Wildman–Crippen MR) is 74.7 cm³/mol. The molecule has 1 saturated carbocycles. The van der Waals surface area contributed by atoms with Gasteiger partial charge in [-0.1, -0.05) is 26.7 Å². The van der Waals surface area contributed by atoms with Gasteiger partial charge in [-0.05, 0) is 31.1 Å². The predicted octanol–water partition coefficient (Wildman–Crippen LogP) is 2.53. The van der Waals surface area contributed by atoms with E-state index in [2.05, 4.69) is 25.1 Å². The molecule has 0 radical (unpaired) electrons. The van der Waals surface area contributed by atoms with Crippen LogP contribution in [0.4, 0.5) is 0 Å². The zero-order valence-corrected chi connectivity index (χ0v) is 11.5. The summed E-state index contributed by atoms with van der Waals surface area (Å²) in [4.78, 5) is 0. The molecular weight excluding hydrogens is 208 g/mol. The molecule has 0 spiro atoms. The average molecular weight is 236 g/mol. The Hall–Kier alpha value is -0.520. The van der Waals surface area contributed by atoms with Gasteiger partial charge in [0.1, 0.15) is 0 Å². The van der Waals surface area contributed by atoms with Crippen molar-refractivity contribution >= 4 is 0 Å². The number of nitrogens with two attached hydrogens (primary N) is 1. The standard InChI is InChI=1S/C15H28N2/c1-4-5-11-17-15(12-16)9-6-7-14(8-10-15)13(2)3/h1,13-14,17H,5-12,16H2,2-3H3. The van der Waals surface area contributed by atoms with Crippen LogP contribution in [0.25, 0.3) is 0 Å². The molecule has 1 aliphatic rings. The van der Waals surface area contributed by atoms with Gasteiger partial charge in [0, 0.05) is 25.0 Å². The van der Waals surface area contributed by atoms with Crippen molar-refractivity contribution in [3.05, 3.63) is 0 Å². The molecule has 3 N–H and O–H groups in total. The molecule has 1 rings (SSSR count). The van der Waals surface area contributed by atoms with Crippen LogP contribution < -0.4 is 11.1 Å².